The first-order valence-electron chi connectivity index (χ1n) is 8.11. The van der Waals surface area contributed by atoms with E-state index in [0.717, 1.165) is 30.5 Å². The average molecular weight is 429 g/mol. The van der Waals surface area contributed by atoms with Gasteiger partial charge < -0.3 is 4.98 Å². The normalized spacial score (nSPS) is 12.8. The second-order valence-corrected chi connectivity index (χ2v) is 9.88. The molecule has 0 saturated heterocycles. The zero-order valence-electron chi connectivity index (χ0n) is 14.0. The fraction of sp³-hybridized carbons (Fsp3) is 0.111. The summed E-state index contributed by atoms with van der Waals surface area (Å²) in [5.41, 5.74) is 1.82. The van der Waals surface area contributed by atoms with Crippen LogP contribution in [0.4, 0.5) is 0 Å². The number of thioether (sulfide) groups is 1. The lowest BCUT2D eigenvalue weighted by Gasteiger charge is -2.10. The predicted octanol–water partition coefficient (Wildman–Crippen LogP) is 5.57. The highest BCUT2D eigenvalue weighted by Gasteiger charge is 2.18. The van der Waals surface area contributed by atoms with Gasteiger partial charge in [-0.1, -0.05) is 17.8 Å². The SMILES string of the molecule is CC(Sc1ncnc2ccsc12)c1nc2scc(-c3cccs3)c2c(=O)[nH]1. The largest absolute Gasteiger partial charge is 0.309 e. The highest BCUT2D eigenvalue weighted by atomic mass is 32.2. The molecule has 0 saturated carbocycles. The van der Waals surface area contributed by atoms with Crippen LogP contribution in [-0.2, 0) is 0 Å². The number of hydrogen-bond acceptors (Lipinski definition) is 8. The van der Waals surface area contributed by atoms with Crippen molar-refractivity contribution < 1.29 is 0 Å². The molecule has 0 amide bonds. The summed E-state index contributed by atoms with van der Waals surface area (Å²) in [6, 6.07) is 6.00. The molecule has 5 rings (SSSR count). The number of aromatic amines is 1. The highest BCUT2D eigenvalue weighted by Crippen LogP contribution is 2.38. The molecule has 0 bridgehead atoms. The third kappa shape index (κ3) is 3.00. The Kier molecular flexibility index (Phi) is 4.31. The Morgan fingerprint density at radius 2 is 2.07 bits per heavy atom. The van der Waals surface area contributed by atoms with Gasteiger partial charge in [0, 0.05) is 15.8 Å². The lowest BCUT2D eigenvalue weighted by molar-refractivity contribution is 0.922. The minimum atomic E-state index is -0.0870. The van der Waals surface area contributed by atoms with E-state index in [2.05, 4.69) is 15.0 Å². The second kappa shape index (κ2) is 6.83. The van der Waals surface area contributed by atoms with E-state index in [9.17, 15) is 4.79 Å². The van der Waals surface area contributed by atoms with Crippen LogP contribution in [0.15, 0.2) is 50.5 Å². The molecular formula is C18H12N4OS4. The van der Waals surface area contributed by atoms with Gasteiger partial charge >= 0.3 is 0 Å². The van der Waals surface area contributed by atoms with Crippen LogP contribution in [0.2, 0.25) is 0 Å². The van der Waals surface area contributed by atoms with Crippen molar-refractivity contribution >= 4 is 66.2 Å². The van der Waals surface area contributed by atoms with Crippen molar-refractivity contribution in [2.24, 2.45) is 0 Å². The van der Waals surface area contributed by atoms with Crippen molar-refractivity contribution in [3.63, 3.8) is 0 Å². The average Bonchev–Trinajstić information content (AvgIpc) is 3.41. The standard InChI is InChI=1S/C18H12N4OS4/c1-9(27-18-14-11(4-6-25-14)19-8-20-18)15-21-16(23)13-10(7-26-17(13)22-15)12-3-2-5-24-12/h2-9H,1H3,(H,21,22,23). The predicted molar refractivity (Wildman–Crippen MR) is 115 cm³/mol. The zero-order chi connectivity index (χ0) is 18.4. The van der Waals surface area contributed by atoms with Gasteiger partial charge in [-0.05, 0) is 29.8 Å². The second-order valence-electron chi connectivity index (χ2n) is 5.83. The number of aromatic nitrogens is 4. The molecule has 0 spiro atoms. The molecule has 0 radical (unpaired) electrons. The maximum Gasteiger partial charge on any atom is 0.260 e. The van der Waals surface area contributed by atoms with Crippen LogP contribution in [0, 0.1) is 0 Å². The molecule has 1 N–H and O–H groups in total. The van der Waals surface area contributed by atoms with Crippen molar-refractivity contribution in [2.75, 3.05) is 0 Å². The van der Waals surface area contributed by atoms with Crippen molar-refractivity contribution in [3.8, 4) is 10.4 Å². The summed E-state index contributed by atoms with van der Waals surface area (Å²) in [4.78, 5) is 31.1. The zero-order valence-corrected chi connectivity index (χ0v) is 17.3. The summed E-state index contributed by atoms with van der Waals surface area (Å²) in [6.45, 7) is 2.03. The summed E-state index contributed by atoms with van der Waals surface area (Å²) < 4.78 is 1.06. The summed E-state index contributed by atoms with van der Waals surface area (Å²) >= 11 is 6.35. The van der Waals surface area contributed by atoms with Crippen LogP contribution in [-0.4, -0.2) is 19.9 Å². The third-order valence-electron chi connectivity index (χ3n) is 4.13. The van der Waals surface area contributed by atoms with Gasteiger partial charge in [-0.25, -0.2) is 15.0 Å². The highest BCUT2D eigenvalue weighted by molar-refractivity contribution is 7.99. The molecule has 0 fully saturated rings. The van der Waals surface area contributed by atoms with E-state index >= 15 is 0 Å². The fourth-order valence-electron chi connectivity index (χ4n) is 2.84. The fourth-order valence-corrected chi connectivity index (χ4v) is 6.51. The Morgan fingerprint density at radius 3 is 2.93 bits per heavy atom. The molecule has 0 aliphatic rings. The minimum Gasteiger partial charge on any atom is -0.309 e. The summed E-state index contributed by atoms with van der Waals surface area (Å²) in [5, 5.41) is 7.59. The van der Waals surface area contributed by atoms with Gasteiger partial charge in [0.1, 0.15) is 22.0 Å². The van der Waals surface area contributed by atoms with Crippen LogP contribution in [0.25, 0.3) is 30.9 Å². The number of thiophene rings is 3. The van der Waals surface area contributed by atoms with Gasteiger partial charge in [0.2, 0.25) is 0 Å². The Labute approximate surface area is 170 Å². The number of hydrogen-bond donors (Lipinski definition) is 1. The van der Waals surface area contributed by atoms with E-state index in [-0.39, 0.29) is 10.8 Å². The van der Waals surface area contributed by atoms with Crippen LogP contribution >= 0.6 is 45.8 Å². The van der Waals surface area contributed by atoms with Gasteiger partial charge in [0.15, 0.2) is 0 Å². The molecule has 27 heavy (non-hydrogen) atoms. The lowest BCUT2D eigenvalue weighted by atomic mass is 10.2. The molecule has 0 aliphatic heterocycles. The molecule has 1 atom stereocenters. The molecule has 134 valence electrons. The molecule has 0 aliphatic carbocycles. The monoisotopic (exact) mass is 428 g/mol. The summed E-state index contributed by atoms with van der Waals surface area (Å²) in [6.07, 6.45) is 1.58. The molecule has 5 heterocycles. The van der Waals surface area contributed by atoms with E-state index in [1.807, 2.05) is 41.3 Å². The molecule has 9 heteroatoms. The van der Waals surface area contributed by atoms with Gasteiger partial charge in [-0.15, -0.1) is 34.0 Å². The Balaban J connectivity index is 1.53. The van der Waals surface area contributed by atoms with Crippen molar-refractivity contribution in [1.82, 2.24) is 19.9 Å². The van der Waals surface area contributed by atoms with E-state index in [4.69, 9.17) is 4.98 Å². The maximum absolute atomic E-state index is 12.8. The summed E-state index contributed by atoms with van der Waals surface area (Å²) in [7, 11) is 0. The first kappa shape index (κ1) is 17.1. The van der Waals surface area contributed by atoms with Crippen LogP contribution in [0.5, 0.6) is 0 Å². The summed E-state index contributed by atoms with van der Waals surface area (Å²) in [5.74, 6) is 0.667. The topological polar surface area (TPSA) is 71.5 Å². The lowest BCUT2D eigenvalue weighted by Crippen LogP contribution is -2.12. The first-order valence-corrected chi connectivity index (χ1v) is 11.6. The van der Waals surface area contributed by atoms with Crippen LogP contribution in [0.3, 0.4) is 0 Å². The van der Waals surface area contributed by atoms with Crippen molar-refractivity contribution in [1.29, 1.82) is 0 Å². The van der Waals surface area contributed by atoms with Crippen molar-refractivity contribution in [3.05, 3.63) is 56.8 Å². The number of fused-ring (bicyclic) bond motifs is 2. The van der Waals surface area contributed by atoms with E-state index < -0.39 is 0 Å². The molecule has 5 nitrogen and oxygen atoms in total. The third-order valence-corrected chi connectivity index (χ3v) is 8.06. The first-order chi connectivity index (χ1) is 13.2. The number of nitrogens with one attached hydrogen (secondary N) is 1. The quantitative estimate of drug-likeness (QED) is 0.299. The smallest absolute Gasteiger partial charge is 0.260 e. The Bertz CT molecular complexity index is 1300. The minimum absolute atomic E-state index is 0.0328. The number of H-pyrrole nitrogens is 1. The van der Waals surface area contributed by atoms with E-state index in [0.29, 0.717) is 11.2 Å². The van der Waals surface area contributed by atoms with Crippen molar-refractivity contribution in [2.45, 2.75) is 17.2 Å². The Morgan fingerprint density at radius 1 is 1.15 bits per heavy atom. The van der Waals surface area contributed by atoms with Gasteiger partial charge in [0.05, 0.1) is 20.9 Å². The number of nitrogens with zero attached hydrogens (tertiary/aromatic N) is 3. The van der Waals surface area contributed by atoms with Gasteiger partial charge in [0.25, 0.3) is 5.56 Å². The molecule has 1 unspecified atom stereocenters. The van der Waals surface area contributed by atoms with E-state index in [1.54, 1.807) is 40.8 Å². The van der Waals surface area contributed by atoms with Crippen LogP contribution in [0.1, 0.15) is 18.0 Å². The molecule has 0 aromatic carbocycles. The van der Waals surface area contributed by atoms with E-state index in [1.165, 1.54) is 11.3 Å². The molecule has 5 aromatic rings. The molecular weight excluding hydrogens is 416 g/mol. The number of rotatable bonds is 4. The maximum atomic E-state index is 12.8. The van der Waals surface area contributed by atoms with Gasteiger partial charge in [-0.2, -0.15) is 0 Å². The van der Waals surface area contributed by atoms with Crippen LogP contribution < -0.4 is 5.56 Å². The van der Waals surface area contributed by atoms with Gasteiger partial charge in [-0.3, -0.25) is 4.79 Å². The molecule has 5 aromatic heterocycles. The Hall–Kier alpha value is -2.07.